The molecule has 1 aliphatic rings. The van der Waals surface area contributed by atoms with Crippen LogP contribution < -0.4 is 5.32 Å². The molecule has 0 fully saturated rings. The van der Waals surface area contributed by atoms with Crippen LogP contribution >= 0.6 is 11.8 Å². The summed E-state index contributed by atoms with van der Waals surface area (Å²) in [6.07, 6.45) is 5.15. The Bertz CT molecular complexity index is 579. The van der Waals surface area contributed by atoms with Crippen molar-refractivity contribution in [1.82, 2.24) is 15.1 Å². The van der Waals surface area contributed by atoms with E-state index in [1.165, 1.54) is 21.8 Å². The molecule has 4 heteroatoms. The summed E-state index contributed by atoms with van der Waals surface area (Å²) in [5.41, 5.74) is 2.82. The number of hydrogen-bond donors (Lipinski definition) is 1. The van der Waals surface area contributed by atoms with Gasteiger partial charge in [-0.2, -0.15) is 5.10 Å². The predicted molar refractivity (Wildman–Crippen MR) is 84.3 cm³/mol. The van der Waals surface area contributed by atoms with Crippen molar-refractivity contribution in [1.29, 1.82) is 0 Å². The molecular formula is C16H21N3S. The molecule has 3 rings (SSSR count). The van der Waals surface area contributed by atoms with Crippen molar-refractivity contribution < 1.29 is 0 Å². The minimum Gasteiger partial charge on any atom is -0.313 e. The standard InChI is InChI=1S/C16H21N3S/c1-3-17-15(8-12-9-18-19(2)10-12)14-11-20-16-7-5-4-6-13(14)16/h4-7,9-10,14-15,17H,3,8,11H2,1-2H3. The van der Waals surface area contributed by atoms with Crippen LogP contribution in [0, 0.1) is 0 Å². The summed E-state index contributed by atoms with van der Waals surface area (Å²) in [6, 6.07) is 9.31. The molecule has 1 aliphatic heterocycles. The van der Waals surface area contributed by atoms with Crippen molar-refractivity contribution in [2.75, 3.05) is 12.3 Å². The van der Waals surface area contributed by atoms with Crippen molar-refractivity contribution in [2.45, 2.75) is 30.2 Å². The Kier molecular flexibility index (Phi) is 4.13. The molecule has 1 N–H and O–H groups in total. The molecule has 0 spiro atoms. The number of likely N-dealkylation sites (N-methyl/N-ethyl adjacent to an activating group) is 1. The van der Waals surface area contributed by atoms with Gasteiger partial charge in [-0.05, 0) is 30.2 Å². The van der Waals surface area contributed by atoms with E-state index in [2.05, 4.69) is 47.8 Å². The Hall–Kier alpha value is -1.26. The summed E-state index contributed by atoms with van der Waals surface area (Å²) in [5, 5.41) is 7.96. The third-order valence-corrected chi connectivity index (χ3v) is 5.11. The zero-order valence-electron chi connectivity index (χ0n) is 12.0. The Morgan fingerprint density at radius 3 is 3.05 bits per heavy atom. The average Bonchev–Trinajstić information content (AvgIpc) is 3.04. The quantitative estimate of drug-likeness (QED) is 0.917. The number of nitrogens with zero attached hydrogens (tertiary/aromatic N) is 2. The molecule has 0 aliphatic carbocycles. The molecule has 0 saturated heterocycles. The fraction of sp³-hybridized carbons (Fsp3) is 0.438. The Balaban J connectivity index is 1.81. The molecule has 1 aromatic carbocycles. The summed E-state index contributed by atoms with van der Waals surface area (Å²) in [7, 11) is 1.98. The average molecular weight is 287 g/mol. The van der Waals surface area contributed by atoms with Gasteiger partial charge in [0.05, 0.1) is 6.20 Å². The van der Waals surface area contributed by atoms with Crippen LogP contribution in [-0.4, -0.2) is 28.1 Å². The molecule has 0 amide bonds. The van der Waals surface area contributed by atoms with Crippen molar-refractivity contribution in [3.63, 3.8) is 0 Å². The van der Waals surface area contributed by atoms with Gasteiger partial charge in [-0.25, -0.2) is 0 Å². The zero-order chi connectivity index (χ0) is 13.9. The summed E-state index contributed by atoms with van der Waals surface area (Å²) in [6.45, 7) is 3.19. The fourth-order valence-electron chi connectivity index (χ4n) is 2.97. The van der Waals surface area contributed by atoms with Gasteiger partial charge in [0.25, 0.3) is 0 Å². The van der Waals surface area contributed by atoms with Gasteiger partial charge in [0.2, 0.25) is 0 Å². The second-order valence-corrected chi connectivity index (χ2v) is 6.41. The highest BCUT2D eigenvalue weighted by atomic mass is 32.2. The lowest BCUT2D eigenvalue weighted by Crippen LogP contribution is -2.36. The maximum Gasteiger partial charge on any atom is 0.0522 e. The number of fused-ring (bicyclic) bond motifs is 1. The van der Waals surface area contributed by atoms with Crippen molar-refractivity contribution in [3.8, 4) is 0 Å². The van der Waals surface area contributed by atoms with Gasteiger partial charge in [0, 0.05) is 35.9 Å². The molecule has 2 aromatic rings. The van der Waals surface area contributed by atoms with Gasteiger partial charge in [0.1, 0.15) is 0 Å². The molecule has 0 radical (unpaired) electrons. The molecule has 2 heterocycles. The summed E-state index contributed by atoms with van der Waals surface area (Å²) in [4.78, 5) is 1.45. The maximum atomic E-state index is 4.28. The van der Waals surface area contributed by atoms with Gasteiger partial charge in [-0.1, -0.05) is 25.1 Å². The van der Waals surface area contributed by atoms with Crippen LogP contribution in [0.25, 0.3) is 0 Å². The monoisotopic (exact) mass is 287 g/mol. The lowest BCUT2D eigenvalue weighted by molar-refractivity contribution is 0.463. The SMILES string of the molecule is CCNC(Cc1cnn(C)c1)C1CSc2ccccc21. The number of benzene rings is 1. The summed E-state index contributed by atoms with van der Waals surface area (Å²) >= 11 is 1.99. The van der Waals surface area contributed by atoms with Gasteiger partial charge in [-0.3, -0.25) is 4.68 Å². The van der Waals surface area contributed by atoms with Gasteiger partial charge in [0.15, 0.2) is 0 Å². The molecule has 106 valence electrons. The molecule has 3 nitrogen and oxygen atoms in total. The summed E-state index contributed by atoms with van der Waals surface area (Å²) < 4.78 is 1.88. The summed E-state index contributed by atoms with van der Waals surface area (Å²) in [5.74, 6) is 1.77. The van der Waals surface area contributed by atoms with Gasteiger partial charge in [-0.15, -0.1) is 11.8 Å². The number of aryl methyl sites for hydroxylation is 1. The molecule has 0 bridgehead atoms. The first-order chi connectivity index (χ1) is 9.78. The highest BCUT2D eigenvalue weighted by Gasteiger charge is 2.29. The van der Waals surface area contributed by atoms with Crippen LogP contribution in [-0.2, 0) is 13.5 Å². The maximum absolute atomic E-state index is 4.28. The van der Waals surface area contributed by atoms with E-state index >= 15 is 0 Å². The van der Waals surface area contributed by atoms with E-state index in [0.717, 1.165) is 13.0 Å². The van der Waals surface area contributed by atoms with Crippen molar-refractivity contribution in [2.24, 2.45) is 7.05 Å². The minimum absolute atomic E-state index is 0.486. The first-order valence-corrected chi connectivity index (χ1v) is 8.19. The third-order valence-electron chi connectivity index (χ3n) is 3.90. The van der Waals surface area contributed by atoms with Crippen LogP contribution in [0.2, 0.25) is 0 Å². The molecule has 20 heavy (non-hydrogen) atoms. The molecule has 0 saturated carbocycles. The second kappa shape index (κ2) is 6.02. The van der Waals surface area contributed by atoms with E-state index in [9.17, 15) is 0 Å². The zero-order valence-corrected chi connectivity index (χ0v) is 12.9. The Morgan fingerprint density at radius 2 is 2.30 bits per heavy atom. The van der Waals surface area contributed by atoms with Crippen LogP contribution in [0.3, 0.4) is 0 Å². The Labute approximate surface area is 124 Å². The minimum atomic E-state index is 0.486. The van der Waals surface area contributed by atoms with E-state index in [4.69, 9.17) is 0 Å². The molecular weight excluding hydrogens is 266 g/mol. The highest BCUT2D eigenvalue weighted by molar-refractivity contribution is 7.99. The van der Waals surface area contributed by atoms with Crippen LogP contribution in [0.4, 0.5) is 0 Å². The lowest BCUT2D eigenvalue weighted by Gasteiger charge is -2.24. The van der Waals surface area contributed by atoms with E-state index in [1.807, 2.05) is 29.7 Å². The van der Waals surface area contributed by atoms with Crippen LogP contribution in [0.15, 0.2) is 41.6 Å². The number of aromatic nitrogens is 2. The number of hydrogen-bond acceptors (Lipinski definition) is 3. The predicted octanol–water partition coefficient (Wildman–Crippen LogP) is 2.83. The van der Waals surface area contributed by atoms with Crippen molar-refractivity contribution in [3.05, 3.63) is 47.8 Å². The first kappa shape index (κ1) is 13.7. The van der Waals surface area contributed by atoms with E-state index in [0.29, 0.717) is 12.0 Å². The topological polar surface area (TPSA) is 29.9 Å². The number of thioether (sulfide) groups is 1. The first-order valence-electron chi connectivity index (χ1n) is 7.20. The number of nitrogens with one attached hydrogen (secondary N) is 1. The van der Waals surface area contributed by atoms with E-state index in [-0.39, 0.29) is 0 Å². The smallest absolute Gasteiger partial charge is 0.0522 e. The molecule has 2 unspecified atom stereocenters. The Morgan fingerprint density at radius 1 is 1.45 bits per heavy atom. The normalized spacial score (nSPS) is 19.0. The van der Waals surface area contributed by atoms with Crippen molar-refractivity contribution >= 4 is 11.8 Å². The highest BCUT2D eigenvalue weighted by Crippen LogP contribution is 2.41. The second-order valence-electron chi connectivity index (χ2n) is 5.35. The fourth-order valence-corrected chi connectivity index (χ4v) is 4.30. The third kappa shape index (κ3) is 2.76. The van der Waals surface area contributed by atoms with Gasteiger partial charge >= 0.3 is 0 Å². The van der Waals surface area contributed by atoms with E-state index in [1.54, 1.807) is 0 Å². The van der Waals surface area contributed by atoms with Crippen LogP contribution in [0.5, 0.6) is 0 Å². The largest absolute Gasteiger partial charge is 0.313 e. The number of rotatable bonds is 5. The van der Waals surface area contributed by atoms with Gasteiger partial charge < -0.3 is 5.32 Å². The molecule has 2 atom stereocenters. The lowest BCUT2D eigenvalue weighted by atomic mass is 9.90. The van der Waals surface area contributed by atoms with E-state index < -0.39 is 0 Å². The van der Waals surface area contributed by atoms with Crippen LogP contribution in [0.1, 0.15) is 24.0 Å². The molecule has 1 aromatic heterocycles.